The molecule has 1 aliphatic heterocycles. The van der Waals surface area contributed by atoms with Crippen molar-refractivity contribution in [3.8, 4) is 11.1 Å². The molecule has 5 nitrogen and oxygen atoms in total. The summed E-state index contributed by atoms with van der Waals surface area (Å²) in [7, 11) is -3.25. The fourth-order valence-electron chi connectivity index (χ4n) is 4.32. The molecule has 2 aliphatic rings. The number of carbonyl (C=O) groups is 1. The topological polar surface area (TPSA) is 66.5 Å². The maximum Gasteiger partial charge on any atom is 0.226 e. The standard InChI is InChI=1S/C22H24F2N2O3S/c1-30(28,29)25-12-14-9-10-26(13-14)22(27)18-11-17(18)15-5-2-3-6-16(15)21-19(23)7-4-8-20(21)24/h2-8,14,17-18,25H,9-13H2,1H3. The highest BCUT2D eigenvalue weighted by Crippen LogP contribution is 2.51. The average molecular weight is 435 g/mol. The van der Waals surface area contributed by atoms with E-state index in [1.807, 2.05) is 12.1 Å². The molecule has 0 bridgehead atoms. The van der Waals surface area contributed by atoms with Crippen LogP contribution < -0.4 is 4.72 Å². The first-order chi connectivity index (χ1) is 14.2. The summed E-state index contributed by atoms with van der Waals surface area (Å²) in [5.74, 6) is -1.38. The van der Waals surface area contributed by atoms with Crippen LogP contribution in [0.25, 0.3) is 11.1 Å². The quantitative estimate of drug-likeness (QED) is 0.760. The predicted octanol–water partition coefficient (Wildman–Crippen LogP) is 3.13. The lowest BCUT2D eigenvalue weighted by molar-refractivity contribution is -0.131. The Labute approximate surface area is 175 Å². The Bertz CT molecular complexity index is 1050. The van der Waals surface area contributed by atoms with Crippen LogP contribution >= 0.6 is 0 Å². The summed E-state index contributed by atoms with van der Waals surface area (Å²) in [6.07, 6.45) is 2.52. The molecule has 1 N–H and O–H groups in total. The molecular weight excluding hydrogens is 410 g/mol. The van der Waals surface area contributed by atoms with Gasteiger partial charge < -0.3 is 4.90 Å². The van der Waals surface area contributed by atoms with Gasteiger partial charge in [-0.15, -0.1) is 0 Å². The van der Waals surface area contributed by atoms with Gasteiger partial charge in [-0.3, -0.25) is 4.79 Å². The van der Waals surface area contributed by atoms with Crippen LogP contribution in [0.3, 0.4) is 0 Å². The van der Waals surface area contributed by atoms with Gasteiger partial charge in [-0.2, -0.15) is 0 Å². The predicted molar refractivity (Wildman–Crippen MR) is 110 cm³/mol. The van der Waals surface area contributed by atoms with E-state index in [-0.39, 0.29) is 29.2 Å². The van der Waals surface area contributed by atoms with Crippen LogP contribution in [0.2, 0.25) is 0 Å². The molecule has 8 heteroatoms. The number of nitrogens with zero attached hydrogens (tertiary/aromatic N) is 1. The van der Waals surface area contributed by atoms with Gasteiger partial charge in [0.25, 0.3) is 0 Å². The Kier molecular flexibility index (Phi) is 5.63. The van der Waals surface area contributed by atoms with Crippen molar-refractivity contribution in [2.24, 2.45) is 11.8 Å². The van der Waals surface area contributed by atoms with Crippen molar-refractivity contribution in [1.82, 2.24) is 9.62 Å². The van der Waals surface area contributed by atoms with Crippen LogP contribution in [0.1, 0.15) is 24.3 Å². The van der Waals surface area contributed by atoms with Crippen molar-refractivity contribution in [3.05, 3.63) is 59.7 Å². The summed E-state index contributed by atoms with van der Waals surface area (Å²) in [4.78, 5) is 14.7. The molecule has 1 heterocycles. The summed E-state index contributed by atoms with van der Waals surface area (Å²) in [6, 6.07) is 10.9. The van der Waals surface area contributed by atoms with Crippen LogP contribution in [0.4, 0.5) is 8.78 Å². The Hall–Kier alpha value is -2.32. The lowest BCUT2D eigenvalue weighted by Crippen LogP contribution is -2.33. The fraction of sp³-hybridized carbons (Fsp3) is 0.409. The number of rotatable bonds is 6. The molecule has 1 aliphatic carbocycles. The summed E-state index contributed by atoms with van der Waals surface area (Å²) in [5.41, 5.74) is 1.22. The Morgan fingerprint density at radius 1 is 1.13 bits per heavy atom. The van der Waals surface area contributed by atoms with E-state index in [1.165, 1.54) is 18.2 Å². The van der Waals surface area contributed by atoms with Gasteiger partial charge >= 0.3 is 0 Å². The van der Waals surface area contributed by atoms with E-state index in [4.69, 9.17) is 0 Å². The summed E-state index contributed by atoms with van der Waals surface area (Å²) in [6.45, 7) is 1.45. The normalized spacial score (nSPS) is 23.6. The van der Waals surface area contributed by atoms with Crippen molar-refractivity contribution in [1.29, 1.82) is 0 Å². The zero-order chi connectivity index (χ0) is 21.5. The first-order valence-electron chi connectivity index (χ1n) is 10.0. The largest absolute Gasteiger partial charge is 0.342 e. The molecular formula is C22H24F2N2O3S. The van der Waals surface area contributed by atoms with E-state index in [2.05, 4.69) is 4.72 Å². The maximum absolute atomic E-state index is 14.3. The monoisotopic (exact) mass is 434 g/mol. The van der Waals surface area contributed by atoms with Crippen LogP contribution in [0.15, 0.2) is 42.5 Å². The minimum atomic E-state index is -3.25. The van der Waals surface area contributed by atoms with E-state index in [0.717, 1.165) is 18.2 Å². The fourth-order valence-corrected chi connectivity index (χ4v) is 4.86. The van der Waals surface area contributed by atoms with Crippen molar-refractivity contribution in [2.75, 3.05) is 25.9 Å². The van der Waals surface area contributed by atoms with Crippen molar-refractivity contribution < 1.29 is 22.0 Å². The molecule has 1 saturated heterocycles. The number of hydrogen-bond donors (Lipinski definition) is 1. The van der Waals surface area contributed by atoms with E-state index < -0.39 is 21.7 Å². The van der Waals surface area contributed by atoms with Gasteiger partial charge in [0.1, 0.15) is 11.6 Å². The molecule has 1 amide bonds. The zero-order valence-electron chi connectivity index (χ0n) is 16.6. The van der Waals surface area contributed by atoms with Crippen LogP contribution in [-0.4, -0.2) is 45.1 Å². The second kappa shape index (κ2) is 8.07. The number of halogens is 2. The Balaban J connectivity index is 1.46. The van der Waals surface area contributed by atoms with Crippen LogP contribution in [0.5, 0.6) is 0 Å². The number of hydrogen-bond acceptors (Lipinski definition) is 3. The molecule has 0 spiro atoms. The Morgan fingerprint density at radius 2 is 1.83 bits per heavy atom. The number of benzene rings is 2. The van der Waals surface area contributed by atoms with Gasteiger partial charge in [0, 0.05) is 25.6 Å². The molecule has 2 aromatic rings. The summed E-state index contributed by atoms with van der Waals surface area (Å²) >= 11 is 0. The molecule has 2 fully saturated rings. The highest BCUT2D eigenvalue weighted by molar-refractivity contribution is 7.88. The van der Waals surface area contributed by atoms with Gasteiger partial charge in [-0.25, -0.2) is 21.9 Å². The first kappa shape index (κ1) is 20.9. The smallest absolute Gasteiger partial charge is 0.226 e. The number of likely N-dealkylation sites (tertiary alicyclic amines) is 1. The van der Waals surface area contributed by atoms with Gasteiger partial charge in [0.05, 0.1) is 11.8 Å². The summed E-state index contributed by atoms with van der Waals surface area (Å²) in [5, 5.41) is 0. The van der Waals surface area contributed by atoms with E-state index in [9.17, 15) is 22.0 Å². The number of carbonyl (C=O) groups excluding carboxylic acids is 1. The molecule has 2 aromatic carbocycles. The minimum absolute atomic E-state index is 0.0330. The van der Waals surface area contributed by atoms with Gasteiger partial charge in [0.2, 0.25) is 15.9 Å². The highest BCUT2D eigenvalue weighted by Gasteiger charge is 2.47. The van der Waals surface area contributed by atoms with Crippen molar-refractivity contribution >= 4 is 15.9 Å². The number of sulfonamides is 1. The second-order valence-electron chi connectivity index (χ2n) is 8.19. The first-order valence-corrected chi connectivity index (χ1v) is 11.9. The highest BCUT2D eigenvalue weighted by atomic mass is 32.2. The lowest BCUT2D eigenvalue weighted by atomic mass is 9.95. The van der Waals surface area contributed by atoms with Crippen molar-refractivity contribution in [2.45, 2.75) is 18.8 Å². The SMILES string of the molecule is CS(=O)(=O)NCC1CCN(C(=O)C2CC2c2ccccc2-c2c(F)cccc2F)C1. The zero-order valence-corrected chi connectivity index (χ0v) is 17.5. The molecule has 1 saturated carbocycles. The molecule has 0 aromatic heterocycles. The summed E-state index contributed by atoms with van der Waals surface area (Å²) < 4.78 is 53.7. The molecule has 0 radical (unpaired) electrons. The maximum atomic E-state index is 14.3. The van der Waals surface area contributed by atoms with E-state index in [0.29, 0.717) is 31.6 Å². The molecule has 3 unspecified atom stereocenters. The van der Waals surface area contributed by atoms with Crippen molar-refractivity contribution in [3.63, 3.8) is 0 Å². The Morgan fingerprint density at radius 3 is 2.53 bits per heavy atom. The van der Waals surface area contributed by atoms with Crippen LogP contribution in [-0.2, 0) is 14.8 Å². The third-order valence-corrected chi connectivity index (χ3v) is 6.62. The van der Waals surface area contributed by atoms with Gasteiger partial charge in [-0.1, -0.05) is 30.3 Å². The minimum Gasteiger partial charge on any atom is -0.342 e. The number of nitrogens with one attached hydrogen (secondary N) is 1. The van der Waals surface area contributed by atoms with Gasteiger partial charge in [-0.05, 0) is 47.9 Å². The van der Waals surface area contributed by atoms with E-state index >= 15 is 0 Å². The third-order valence-electron chi connectivity index (χ3n) is 5.93. The second-order valence-corrected chi connectivity index (χ2v) is 10.0. The lowest BCUT2D eigenvalue weighted by Gasteiger charge is -2.17. The third kappa shape index (κ3) is 4.39. The molecule has 160 valence electrons. The van der Waals surface area contributed by atoms with E-state index in [1.54, 1.807) is 17.0 Å². The number of amides is 1. The molecule has 30 heavy (non-hydrogen) atoms. The average Bonchev–Trinajstić information content (AvgIpc) is 3.34. The molecule has 4 rings (SSSR count). The van der Waals surface area contributed by atoms with Crippen LogP contribution in [0, 0.1) is 23.5 Å². The molecule has 3 atom stereocenters. The van der Waals surface area contributed by atoms with Gasteiger partial charge in [0.15, 0.2) is 0 Å².